The normalized spacial score (nSPS) is 18.1. The summed E-state index contributed by atoms with van der Waals surface area (Å²) >= 11 is 1.34. The number of carbonyl (C=O) groups is 1. The van der Waals surface area contributed by atoms with E-state index in [4.69, 9.17) is 9.72 Å². The number of hydrogen-bond acceptors (Lipinski definition) is 5. The summed E-state index contributed by atoms with van der Waals surface area (Å²) in [6.45, 7) is 1.21. The third kappa shape index (κ3) is 3.82. The Bertz CT molecular complexity index is 1160. The summed E-state index contributed by atoms with van der Waals surface area (Å²) in [4.78, 5) is 30.7. The minimum atomic E-state index is -0.0661. The van der Waals surface area contributed by atoms with Crippen LogP contribution in [0.2, 0.25) is 0 Å². The van der Waals surface area contributed by atoms with E-state index in [-0.39, 0.29) is 23.2 Å². The first-order valence-electron chi connectivity index (χ1n) is 10.6. The molecule has 0 bridgehead atoms. The number of hydrogen-bond donors (Lipinski definition) is 0. The fourth-order valence-electron chi connectivity index (χ4n) is 4.37. The molecule has 0 amide bonds. The number of nitrogens with zero attached hydrogens (tertiary/aromatic N) is 2. The monoisotopic (exact) mass is 420 g/mol. The zero-order valence-electron chi connectivity index (χ0n) is 16.8. The number of rotatable bonds is 6. The number of aryl methyl sites for hydroxylation is 2. The molecule has 1 fully saturated rings. The molecule has 5 rings (SSSR count). The quantitative estimate of drug-likeness (QED) is 0.342. The Labute approximate surface area is 179 Å². The molecule has 5 nitrogen and oxygen atoms in total. The average molecular weight is 421 g/mol. The Morgan fingerprint density at radius 3 is 2.87 bits per heavy atom. The minimum Gasteiger partial charge on any atom is -0.376 e. The Hall–Kier alpha value is -2.44. The van der Waals surface area contributed by atoms with Crippen molar-refractivity contribution in [1.82, 2.24) is 9.55 Å². The van der Waals surface area contributed by atoms with Gasteiger partial charge < -0.3 is 4.74 Å². The molecule has 154 valence electrons. The van der Waals surface area contributed by atoms with Gasteiger partial charge in [0.05, 0.1) is 29.3 Å². The highest BCUT2D eigenvalue weighted by molar-refractivity contribution is 7.99. The highest BCUT2D eigenvalue weighted by Gasteiger charge is 2.21. The second-order valence-electron chi connectivity index (χ2n) is 8.01. The van der Waals surface area contributed by atoms with Crippen molar-refractivity contribution in [1.29, 1.82) is 0 Å². The van der Waals surface area contributed by atoms with Crippen molar-refractivity contribution in [3.05, 3.63) is 69.5 Å². The van der Waals surface area contributed by atoms with Crippen LogP contribution in [-0.4, -0.2) is 33.8 Å². The molecular weight excluding hydrogens is 396 g/mol. The van der Waals surface area contributed by atoms with Gasteiger partial charge in [-0.2, -0.15) is 0 Å². The highest BCUT2D eigenvalue weighted by Crippen LogP contribution is 2.25. The van der Waals surface area contributed by atoms with Crippen molar-refractivity contribution in [3.63, 3.8) is 0 Å². The molecular formula is C24H24N2O3S. The molecule has 0 N–H and O–H groups in total. The van der Waals surface area contributed by atoms with Crippen molar-refractivity contribution in [2.24, 2.45) is 0 Å². The van der Waals surface area contributed by atoms with Crippen LogP contribution < -0.4 is 5.56 Å². The van der Waals surface area contributed by atoms with Crippen LogP contribution in [0.5, 0.6) is 0 Å². The van der Waals surface area contributed by atoms with Gasteiger partial charge >= 0.3 is 0 Å². The molecule has 6 heteroatoms. The first kappa shape index (κ1) is 19.5. The topological polar surface area (TPSA) is 61.2 Å². The van der Waals surface area contributed by atoms with Crippen molar-refractivity contribution in [2.75, 3.05) is 12.4 Å². The predicted octanol–water partition coefficient (Wildman–Crippen LogP) is 4.04. The van der Waals surface area contributed by atoms with E-state index in [1.165, 1.54) is 22.9 Å². The highest BCUT2D eigenvalue weighted by atomic mass is 32.2. The van der Waals surface area contributed by atoms with E-state index >= 15 is 0 Å². The van der Waals surface area contributed by atoms with E-state index in [9.17, 15) is 9.59 Å². The number of ketones is 1. The van der Waals surface area contributed by atoms with Crippen molar-refractivity contribution in [3.8, 4) is 0 Å². The first-order valence-corrected chi connectivity index (χ1v) is 11.6. The maximum atomic E-state index is 13.1. The fourth-order valence-corrected chi connectivity index (χ4v) is 5.27. The van der Waals surface area contributed by atoms with E-state index in [1.54, 1.807) is 10.6 Å². The van der Waals surface area contributed by atoms with Gasteiger partial charge in [-0.25, -0.2) is 4.98 Å². The standard InChI is InChI=1S/C24H24N2O3S/c27-22(18-11-10-16-5-3-6-17(16)13-18)15-30-24-25-21-9-2-1-8-20(21)23(28)26(24)14-19-7-4-12-29-19/h1-2,8-11,13,19H,3-7,12,14-15H2. The predicted molar refractivity (Wildman–Crippen MR) is 118 cm³/mol. The van der Waals surface area contributed by atoms with Crippen LogP contribution in [-0.2, 0) is 24.1 Å². The number of fused-ring (bicyclic) bond motifs is 2. The van der Waals surface area contributed by atoms with Crippen LogP contribution in [0.15, 0.2) is 52.4 Å². The van der Waals surface area contributed by atoms with Crippen molar-refractivity contribution in [2.45, 2.75) is 49.9 Å². The lowest BCUT2D eigenvalue weighted by Gasteiger charge is -2.16. The zero-order valence-corrected chi connectivity index (χ0v) is 17.6. The molecule has 1 saturated heterocycles. The van der Waals surface area contributed by atoms with Gasteiger partial charge in [0, 0.05) is 12.2 Å². The molecule has 3 aromatic rings. The molecule has 2 aliphatic rings. The number of Topliss-reactive ketones (excluding diaryl/α,β-unsaturated/α-hetero) is 1. The minimum absolute atomic E-state index is 0.0254. The second kappa shape index (κ2) is 8.36. The van der Waals surface area contributed by atoms with Gasteiger partial charge in [0.1, 0.15) is 0 Å². The number of benzene rings is 2. The number of aromatic nitrogens is 2. The molecule has 1 aliphatic heterocycles. The summed E-state index contributed by atoms with van der Waals surface area (Å²) in [5.74, 6) is 0.329. The third-order valence-corrected chi connectivity index (χ3v) is 6.97. The first-order chi connectivity index (χ1) is 14.7. The Morgan fingerprint density at radius 2 is 2.00 bits per heavy atom. The van der Waals surface area contributed by atoms with E-state index in [0.29, 0.717) is 22.6 Å². The Morgan fingerprint density at radius 1 is 1.13 bits per heavy atom. The van der Waals surface area contributed by atoms with Crippen LogP contribution in [0, 0.1) is 0 Å². The zero-order chi connectivity index (χ0) is 20.5. The van der Waals surface area contributed by atoms with Crippen molar-refractivity contribution >= 4 is 28.4 Å². The van der Waals surface area contributed by atoms with E-state index in [1.807, 2.05) is 30.3 Å². The summed E-state index contributed by atoms with van der Waals surface area (Å²) in [6.07, 6.45) is 5.30. The van der Waals surface area contributed by atoms with E-state index in [0.717, 1.165) is 44.3 Å². The van der Waals surface area contributed by atoms with Crippen LogP contribution in [0.4, 0.5) is 0 Å². The van der Waals surface area contributed by atoms with Crippen LogP contribution in [0.3, 0.4) is 0 Å². The SMILES string of the molecule is O=C(CSc1nc2ccccc2c(=O)n1CC1CCCO1)c1ccc2c(c1)CCC2. The van der Waals surface area contributed by atoms with E-state index in [2.05, 4.69) is 6.07 Å². The summed E-state index contributed by atoms with van der Waals surface area (Å²) in [6, 6.07) is 13.4. The van der Waals surface area contributed by atoms with Gasteiger partial charge in [-0.1, -0.05) is 36.0 Å². The lowest BCUT2D eigenvalue weighted by Crippen LogP contribution is -2.29. The number of ether oxygens (including phenoxy) is 1. The number of carbonyl (C=O) groups excluding carboxylic acids is 1. The molecule has 1 aromatic heterocycles. The van der Waals surface area contributed by atoms with Crippen LogP contribution in [0.25, 0.3) is 10.9 Å². The molecule has 0 spiro atoms. The second-order valence-corrected chi connectivity index (χ2v) is 8.95. The maximum absolute atomic E-state index is 13.1. The molecule has 2 aromatic carbocycles. The summed E-state index contributed by atoms with van der Waals surface area (Å²) in [7, 11) is 0. The molecule has 0 radical (unpaired) electrons. The van der Waals surface area contributed by atoms with Gasteiger partial charge in [-0.3, -0.25) is 14.2 Å². The lowest BCUT2D eigenvalue weighted by molar-refractivity contribution is 0.0937. The summed E-state index contributed by atoms with van der Waals surface area (Å²) in [5.41, 5.74) is 4.00. The van der Waals surface area contributed by atoms with Crippen molar-refractivity contribution < 1.29 is 9.53 Å². The molecule has 30 heavy (non-hydrogen) atoms. The van der Waals surface area contributed by atoms with Gasteiger partial charge in [-0.05, 0) is 61.4 Å². The van der Waals surface area contributed by atoms with Gasteiger partial charge in [0.15, 0.2) is 10.9 Å². The van der Waals surface area contributed by atoms with Gasteiger partial charge in [0.25, 0.3) is 5.56 Å². The molecule has 1 atom stereocenters. The van der Waals surface area contributed by atoms with Gasteiger partial charge in [0.2, 0.25) is 0 Å². The maximum Gasteiger partial charge on any atom is 0.262 e. The van der Waals surface area contributed by atoms with Crippen LogP contribution >= 0.6 is 11.8 Å². The largest absolute Gasteiger partial charge is 0.376 e. The lowest BCUT2D eigenvalue weighted by atomic mass is 10.0. The fraction of sp³-hybridized carbons (Fsp3) is 0.375. The van der Waals surface area contributed by atoms with E-state index < -0.39 is 0 Å². The Kier molecular flexibility index (Phi) is 5.44. The Balaban J connectivity index is 1.42. The molecule has 1 aliphatic carbocycles. The molecule has 2 heterocycles. The smallest absolute Gasteiger partial charge is 0.262 e. The average Bonchev–Trinajstić information content (AvgIpc) is 3.45. The summed E-state index contributed by atoms with van der Waals surface area (Å²) < 4.78 is 7.45. The third-order valence-electron chi connectivity index (χ3n) is 5.99. The molecule has 1 unspecified atom stereocenters. The number of thioether (sulfide) groups is 1. The molecule has 0 saturated carbocycles. The summed E-state index contributed by atoms with van der Waals surface area (Å²) in [5, 5.41) is 1.19. The van der Waals surface area contributed by atoms with Crippen LogP contribution in [0.1, 0.15) is 40.7 Å². The number of para-hydroxylation sites is 1. The van der Waals surface area contributed by atoms with Gasteiger partial charge in [-0.15, -0.1) is 0 Å².